The van der Waals surface area contributed by atoms with Crippen molar-refractivity contribution in [3.63, 3.8) is 0 Å². The molecule has 0 aromatic heterocycles. The molecule has 0 atom stereocenters. The first-order chi connectivity index (χ1) is 4.68. The molecule has 0 unspecified atom stereocenters. The lowest BCUT2D eigenvalue weighted by molar-refractivity contribution is 0.238. The standard InChI is InChI=1S/C7H14N2O/c1-5(2)8-7(10)9-6-3-4-6/h5-6H,3-4H2,1-2H3,(H2,8,9,10). The molecule has 3 nitrogen and oxygen atoms in total. The minimum absolute atomic E-state index is 0.0301. The van der Waals surface area contributed by atoms with Gasteiger partial charge in [0.2, 0.25) is 0 Å². The van der Waals surface area contributed by atoms with Gasteiger partial charge in [0.25, 0.3) is 0 Å². The normalized spacial score (nSPS) is 17.1. The van der Waals surface area contributed by atoms with E-state index in [9.17, 15) is 4.79 Å². The van der Waals surface area contributed by atoms with Crippen molar-refractivity contribution in [2.24, 2.45) is 0 Å². The highest BCUT2D eigenvalue weighted by molar-refractivity contribution is 5.74. The van der Waals surface area contributed by atoms with E-state index in [0.717, 1.165) is 12.8 Å². The maximum absolute atomic E-state index is 10.9. The molecule has 1 aliphatic carbocycles. The second-order valence-corrected chi connectivity index (χ2v) is 3.05. The summed E-state index contributed by atoms with van der Waals surface area (Å²) < 4.78 is 0. The van der Waals surface area contributed by atoms with Crippen molar-refractivity contribution in [1.82, 2.24) is 10.6 Å². The zero-order valence-corrected chi connectivity index (χ0v) is 6.48. The number of carbonyl (C=O) groups is 1. The Morgan fingerprint density at radius 2 is 2.10 bits per heavy atom. The number of hydrogen-bond donors (Lipinski definition) is 2. The molecule has 1 aliphatic rings. The zero-order chi connectivity index (χ0) is 7.56. The third-order valence-electron chi connectivity index (χ3n) is 1.33. The minimum atomic E-state index is -0.0301. The molecule has 58 valence electrons. The van der Waals surface area contributed by atoms with Gasteiger partial charge in [-0.3, -0.25) is 0 Å². The highest BCUT2D eigenvalue weighted by atomic mass is 16.2. The van der Waals surface area contributed by atoms with Gasteiger partial charge in [0.1, 0.15) is 0 Å². The fourth-order valence-electron chi connectivity index (χ4n) is 0.717. The lowest BCUT2D eigenvalue weighted by Crippen LogP contribution is -2.40. The second-order valence-electron chi connectivity index (χ2n) is 3.05. The van der Waals surface area contributed by atoms with Crippen LogP contribution < -0.4 is 10.6 Å². The summed E-state index contributed by atoms with van der Waals surface area (Å²) in [7, 11) is 0. The molecule has 2 N–H and O–H groups in total. The smallest absolute Gasteiger partial charge is 0.315 e. The Morgan fingerprint density at radius 1 is 1.50 bits per heavy atom. The van der Waals surface area contributed by atoms with E-state index in [-0.39, 0.29) is 12.1 Å². The van der Waals surface area contributed by atoms with Crippen molar-refractivity contribution in [3.8, 4) is 0 Å². The van der Waals surface area contributed by atoms with E-state index in [1.165, 1.54) is 0 Å². The third kappa shape index (κ3) is 2.71. The van der Waals surface area contributed by atoms with Crippen LogP contribution in [0, 0.1) is 0 Å². The fraction of sp³-hybridized carbons (Fsp3) is 0.857. The molecule has 1 rings (SSSR count). The average molecular weight is 142 g/mol. The van der Waals surface area contributed by atoms with Crippen LogP contribution in [0.5, 0.6) is 0 Å². The maximum atomic E-state index is 10.9. The lowest BCUT2D eigenvalue weighted by atomic mass is 10.4. The van der Waals surface area contributed by atoms with E-state index in [2.05, 4.69) is 10.6 Å². The van der Waals surface area contributed by atoms with Gasteiger partial charge in [0, 0.05) is 12.1 Å². The Bertz CT molecular complexity index is 124. The Morgan fingerprint density at radius 3 is 2.50 bits per heavy atom. The molecule has 3 heteroatoms. The van der Waals surface area contributed by atoms with Gasteiger partial charge in [-0.1, -0.05) is 0 Å². The van der Waals surface area contributed by atoms with Gasteiger partial charge in [0.15, 0.2) is 0 Å². The van der Waals surface area contributed by atoms with E-state index >= 15 is 0 Å². The molecule has 0 aromatic rings. The van der Waals surface area contributed by atoms with Crippen molar-refractivity contribution in [2.45, 2.75) is 38.8 Å². The van der Waals surface area contributed by atoms with Gasteiger partial charge < -0.3 is 10.6 Å². The first-order valence-electron chi connectivity index (χ1n) is 3.75. The number of hydrogen-bond acceptors (Lipinski definition) is 1. The van der Waals surface area contributed by atoms with E-state index in [4.69, 9.17) is 0 Å². The summed E-state index contributed by atoms with van der Waals surface area (Å²) in [6, 6.07) is 0.662. The third-order valence-corrected chi connectivity index (χ3v) is 1.33. The van der Waals surface area contributed by atoms with Gasteiger partial charge in [-0.15, -0.1) is 0 Å². The summed E-state index contributed by atoms with van der Waals surface area (Å²) in [5.74, 6) is 0. The number of carbonyl (C=O) groups excluding carboxylic acids is 1. The monoisotopic (exact) mass is 142 g/mol. The molecule has 10 heavy (non-hydrogen) atoms. The number of amides is 2. The Balaban J connectivity index is 2.08. The Hall–Kier alpha value is -0.730. The molecule has 0 spiro atoms. The number of nitrogens with one attached hydrogen (secondary N) is 2. The molecule has 1 fully saturated rings. The van der Waals surface area contributed by atoms with E-state index in [0.29, 0.717) is 6.04 Å². The zero-order valence-electron chi connectivity index (χ0n) is 6.48. The van der Waals surface area contributed by atoms with Gasteiger partial charge in [-0.25, -0.2) is 4.79 Å². The largest absolute Gasteiger partial charge is 0.336 e. The van der Waals surface area contributed by atoms with E-state index in [1.54, 1.807) is 0 Å². The molecule has 0 aliphatic heterocycles. The quantitative estimate of drug-likeness (QED) is 0.589. The molecular formula is C7H14N2O. The van der Waals surface area contributed by atoms with Gasteiger partial charge in [-0.2, -0.15) is 0 Å². The Labute approximate surface area is 61.2 Å². The van der Waals surface area contributed by atoms with Crippen LogP contribution in [0.1, 0.15) is 26.7 Å². The van der Waals surface area contributed by atoms with Crippen LogP contribution in [0.15, 0.2) is 0 Å². The summed E-state index contributed by atoms with van der Waals surface area (Å²) in [5.41, 5.74) is 0. The molecular weight excluding hydrogens is 128 g/mol. The SMILES string of the molecule is CC(C)NC(=O)NC1CC1. The maximum Gasteiger partial charge on any atom is 0.315 e. The highest BCUT2D eigenvalue weighted by Gasteiger charge is 2.22. The van der Waals surface area contributed by atoms with Crippen LogP contribution in [-0.4, -0.2) is 18.1 Å². The van der Waals surface area contributed by atoms with Gasteiger partial charge in [-0.05, 0) is 26.7 Å². The van der Waals surface area contributed by atoms with E-state index < -0.39 is 0 Å². The van der Waals surface area contributed by atoms with Crippen LogP contribution in [-0.2, 0) is 0 Å². The molecule has 2 amide bonds. The first kappa shape index (κ1) is 7.38. The van der Waals surface area contributed by atoms with Crippen molar-refractivity contribution >= 4 is 6.03 Å². The van der Waals surface area contributed by atoms with Crippen LogP contribution in [0.3, 0.4) is 0 Å². The summed E-state index contributed by atoms with van der Waals surface area (Å²) in [4.78, 5) is 10.9. The molecule has 0 aromatic carbocycles. The predicted molar refractivity (Wildman–Crippen MR) is 39.8 cm³/mol. The summed E-state index contributed by atoms with van der Waals surface area (Å²) in [6.07, 6.45) is 2.29. The predicted octanol–water partition coefficient (Wildman–Crippen LogP) is 0.856. The lowest BCUT2D eigenvalue weighted by Gasteiger charge is -2.08. The van der Waals surface area contributed by atoms with Crippen molar-refractivity contribution in [2.75, 3.05) is 0 Å². The van der Waals surface area contributed by atoms with Crippen molar-refractivity contribution in [3.05, 3.63) is 0 Å². The fourth-order valence-corrected chi connectivity index (χ4v) is 0.717. The van der Waals surface area contributed by atoms with E-state index in [1.807, 2.05) is 13.8 Å². The molecule has 1 saturated carbocycles. The molecule has 0 radical (unpaired) electrons. The highest BCUT2D eigenvalue weighted by Crippen LogP contribution is 2.18. The number of rotatable bonds is 2. The van der Waals surface area contributed by atoms with Crippen LogP contribution in [0.25, 0.3) is 0 Å². The molecule has 0 heterocycles. The van der Waals surface area contributed by atoms with Crippen LogP contribution in [0.4, 0.5) is 4.79 Å². The minimum Gasteiger partial charge on any atom is -0.336 e. The van der Waals surface area contributed by atoms with Gasteiger partial charge in [0.05, 0.1) is 0 Å². The molecule has 0 saturated heterocycles. The van der Waals surface area contributed by atoms with Crippen molar-refractivity contribution < 1.29 is 4.79 Å². The average Bonchev–Trinajstić information content (AvgIpc) is 2.46. The topological polar surface area (TPSA) is 41.1 Å². The molecule has 0 bridgehead atoms. The van der Waals surface area contributed by atoms with Gasteiger partial charge >= 0.3 is 6.03 Å². The van der Waals surface area contributed by atoms with Crippen LogP contribution in [0.2, 0.25) is 0 Å². The Kier molecular flexibility index (Phi) is 2.14. The summed E-state index contributed by atoms with van der Waals surface area (Å²) in [6.45, 7) is 3.90. The second kappa shape index (κ2) is 2.90. The van der Waals surface area contributed by atoms with Crippen LogP contribution >= 0.6 is 0 Å². The summed E-state index contributed by atoms with van der Waals surface area (Å²) >= 11 is 0. The summed E-state index contributed by atoms with van der Waals surface area (Å²) in [5, 5.41) is 5.60. The van der Waals surface area contributed by atoms with Crippen molar-refractivity contribution in [1.29, 1.82) is 0 Å². The first-order valence-corrected chi connectivity index (χ1v) is 3.75. The number of urea groups is 1.